The van der Waals surface area contributed by atoms with Crippen LogP contribution in [0.4, 0.5) is 0 Å². The van der Waals surface area contributed by atoms with E-state index in [1.165, 1.54) is 54.1 Å². The predicted molar refractivity (Wildman–Crippen MR) is 197 cm³/mol. The highest BCUT2D eigenvalue weighted by Crippen LogP contribution is 2.29. The highest BCUT2D eigenvalue weighted by molar-refractivity contribution is 5.97. The van der Waals surface area contributed by atoms with E-state index in [0.29, 0.717) is 42.1 Å². The van der Waals surface area contributed by atoms with Crippen LogP contribution in [0.15, 0.2) is 97.1 Å². The SMILES string of the molecule is C=C(C)C(=O)OCCCCCCCc1ccc2cc(C(=O)Oc3ccc(C(=O)Oc4ccc(/C=C/C(=O)OCC5CC5)cc4C=O)cc3)ccc2c1. The molecule has 4 aromatic carbocycles. The third-order valence-electron chi connectivity index (χ3n) is 8.57. The van der Waals surface area contributed by atoms with Crippen molar-refractivity contribution >= 4 is 47.0 Å². The highest BCUT2D eigenvalue weighted by atomic mass is 16.5. The maximum absolute atomic E-state index is 13.0. The molecule has 0 amide bonds. The molecule has 0 spiro atoms. The quantitative estimate of drug-likeness (QED) is 0.0330. The van der Waals surface area contributed by atoms with Gasteiger partial charge in [0.2, 0.25) is 0 Å². The van der Waals surface area contributed by atoms with Gasteiger partial charge in [-0.1, -0.05) is 56.2 Å². The van der Waals surface area contributed by atoms with Crippen molar-refractivity contribution in [3.8, 4) is 11.5 Å². The van der Waals surface area contributed by atoms with Gasteiger partial charge in [0.15, 0.2) is 6.29 Å². The summed E-state index contributed by atoms with van der Waals surface area (Å²) >= 11 is 0. The number of ether oxygens (including phenoxy) is 4. The molecule has 4 aromatic rings. The van der Waals surface area contributed by atoms with Crippen LogP contribution in [-0.2, 0) is 25.5 Å². The average Bonchev–Trinajstić information content (AvgIpc) is 3.99. The maximum atomic E-state index is 13.0. The Hall–Kier alpha value is -5.83. The number of hydrogen-bond acceptors (Lipinski definition) is 9. The number of hydrogen-bond donors (Lipinski definition) is 0. The van der Waals surface area contributed by atoms with Crippen molar-refractivity contribution in [2.45, 2.75) is 58.3 Å². The van der Waals surface area contributed by atoms with E-state index in [-0.39, 0.29) is 28.6 Å². The van der Waals surface area contributed by atoms with Gasteiger partial charge in [-0.05, 0) is 121 Å². The first kappa shape index (κ1) is 37.4. The number of fused-ring (bicyclic) bond motifs is 1. The van der Waals surface area contributed by atoms with Crippen LogP contribution in [0.5, 0.6) is 11.5 Å². The third kappa shape index (κ3) is 11.3. The number of aryl methyl sites for hydroxylation is 1. The molecule has 1 aliphatic carbocycles. The summed E-state index contributed by atoms with van der Waals surface area (Å²) in [4.78, 5) is 60.8. The maximum Gasteiger partial charge on any atom is 0.343 e. The van der Waals surface area contributed by atoms with Gasteiger partial charge in [-0.25, -0.2) is 19.2 Å². The number of carbonyl (C=O) groups is 5. The zero-order chi connectivity index (χ0) is 36.9. The molecule has 0 N–H and O–H groups in total. The Morgan fingerprint density at radius 3 is 2.19 bits per heavy atom. The van der Waals surface area contributed by atoms with Crippen molar-refractivity contribution in [1.29, 1.82) is 0 Å². The Kier molecular flexibility index (Phi) is 13.3. The lowest BCUT2D eigenvalue weighted by atomic mass is 10.0. The van der Waals surface area contributed by atoms with Crippen molar-refractivity contribution in [3.05, 3.63) is 125 Å². The zero-order valence-electron chi connectivity index (χ0n) is 29.3. The molecule has 52 heavy (non-hydrogen) atoms. The van der Waals surface area contributed by atoms with E-state index in [1.807, 2.05) is 12.1 Å². The van der Waals surface area contributed by atoms with E-state index >= 15 is 0 Å². The Morgan fingerprint density at radius 2 is 1.44 bits per heavy atom. The Morgan fingerprint density at radius 1 is 0.750 bits per heavy atom. The fraction of sp³-hybridized carbons (Fsp3) is 0.279. The summed E-state index contributed by atoms with van der Waals surface area (Å²) in [5.41, 5.74) is 2.96. The molecule has 0 aliphatic heterocycles. The molecular formula is C43H42O9. The smallest absolute Gasteiger partial charge is 0.343 e. The van der Waals surface area contributed by atoms with Gasteiger partial charge in [-0.2, -0.15) is 0 Å². The fourth-order valence-electron chi connectivity index (χ4n) is 5.36. The van der Waals surface area contributed by atoms with Gasteiger partial charge in [-0.15, -0.1) is 0 Å². The molecule has 0 aromatic heterocycles. The van der Waals surface area contributed by atoms with Gasteiger partial charge in [0.1, 0.15) is 11.5 Å². The molecule has 0 radical (unpaired) electrons. The minimum atomic E-state index is -0.694. The number of esters is 4. The minimum absolute atomic E-state index is 0.0693. The summed E-state index contributed by atoms with van der Waals surface area (Å²) in [5.74, 6) is -1.23. The second-order valence-electron chi connectivity index (χ2n) is 13.0. The van der Waals surface area contributed by atoms with Crippen LogP contribution >= 0.6 is 0 Å². The Bertz CT molecular complexity index is 1970. The van der Waals surface area contributed by atoms with Crippen molar-refractivity contribution in [3.63, 3.8) is 0 Å². The summed E-state index contributed by atoms with van der Waals surface area (Å²) in [5, 5.41) is 1.95. The predicted octanol–water partition coefficient (Wildman–Crippen LogP) is 8.67. The van der Waals surface area contributed by atoms with Crippen molar-refractivity contribution < 1.29 is 42.9 Å². The molecule has 268 valence electrons. The lowest BCUT2D eigenvalue weighted by molar-refractivity contribution is -0.139. The van der Waals surface area contributed by atoms with Crippen LogP contribution in [0.25, 0.3) is 16.8 Å². The first-order chi connectivity index (χ1) is 25.2. The van der Waals surface area contributed by atoms with Crippen molar-refractivity contribution in [2.75, 3.05) is 13.2 Å². The van der Waals surface area contributed by atoms with Crippen LogP contribution in [0, 0.1) is 5.92 Å². The number of unbranched alkanes of at least 4 members (excludes halogenated alkanes) is 4. The van der Waals surface area contributed by atoms with Gasteiger partial charge in [-0.3, -0.25) is 4.79 Å². The number of carbonyl (C=O) groups excluding carboxylic acids is 5. The van der Waals surface area contributed by atoms with Crippen LogP contribution < -0.4 is 9.47 Å². The average molecular weight is 703 g/mol. The summed E-state index contributed by atoms with van der Waals surface area (Å²) < 4.78 is 21.3. The summed E-state index contributed by atoms with van der Waals surface area (Å²) in [6, 6.07) is 22.2. The lowest BCUT2D eigenvalue weighted by Crippen LogP contribution is -2.11. The van der Waals surface area contributed by atoms with Crippen molar-refractivity contribution in [2.24, 2.45) is 5.92 Å². The second-order valence-corrected chi connectivity index (χ2v) is 13.0. The Balaban J connectivity index is 1.07. The highest BCUT2D eigenvalue weighted by Gasteiger charge is 2.22. The van der Waals surface area contributed by atoms with Gasteiger partial charge in [0, 0.05) is 11.6 Å². The van der Waals surface area contributed by atoms with E-state index in [0.717, 1.165) is 62.1 Å². The molecule has 1 saturated carbocycles. The zero-order valence-corrected chi connectivity index (χ0v) is 29.3. The Labute approximate surface area is 303 Å². The summed E-state index contributed by atoms with van der Waals surface area (Å²) in [6.45, 7) is 6.07. The second kappa shape index (κ2) is 18.4. The minimum Gasteiger partial charge on any atom is -0.462 e. The summed E-state index contributed by atoms with van der Waals surface area (Å²) in [6.07, 6.45) is 11.6. The van der Waals surface area contributed by atoms with E-state index in [2.05, 4.69) is 18.7 Å². The van der Waals surface area contributed by atoms with Crippen LogP contribution in [-0.4, -0.2) is 43.4 Å². The molecule has 0 atom stereocenters. The fourth-order valence-corrected chi connectivity index (χ4v) is 5.36. The molecule has 1 fully saturated rings. The number of rotatable bonds is 18. The van der Waals surface area contributed by atoms with E-state index in [4.69, 9.17) is 18.9 Å². The van der Waals surface area contributed by atoms with Crippen molar-refractivity contribution in [1.82, 2.24) is 0 Å². The largest absolute Gasteiger partial charge is 0.462 e. The topological polar surface area (TPSA) is 122 Å². The van der Waals surface area contributed by atoms with Crippen LogP contribution in [0.2, 0.25) is 0 Å². The van der Waals surface area contributed by atoms with Gasteiger partial charge < -0.3 is 18.9 Å². The van der Waals surface area contributed by atoms with E-state index < -0.39 is 17.9 Å². The van der Waals surface area contributed by atoms with Gasteiger partial charge in [0.25, 0.3) is 0 Å². The normalized spacial score (nSPS) is 12.3. The molecular weight excluding hydrogens is 660 g/mol. The van der Waals surface area contributed by atoms with E-state index in [9.17, 15) is 24.0 Å². The van der Waals surface area contributed by atoms with Gasteiger partial charge >= 0.3 is 23.9 Å². The first-order valence-electron chi connectivity index (χ1n) is 17.5. The van der Waals surface area contributed by atoms with Gasteiger partial charge in [0.05, 0.1) is 29.9 Å². The van der Waals surface area contributed by atoms with Crippen LogP contribution in [0.3, 0.4) is 0 Å². The monoisotopic (exact) mass is 702 g/mol. The molecule has 0 bridgehead atoms. The number of benzene rings is 4. The standard InChI is InChI=1S/C43H42O9/c1-29(2)41(46)49-23-7-5-3-4-6-8-30-11-14-35-26-36(16-15-34(35)24-30)43(48)51-38-19-17-33(18-20-38)42(47)52-39-21-12-31(25-37(39)27-44)13-22-40(45)50-28-32-9-10-32/h11-22,24-27,32H,1,3-10,23,28H2,2H3/b22-13+. The number of aldehydes is 1. The molecule has 9 nitrogen and oxygen atoms in total. The van der Waals surface area contributed by atoms with Crippen LogP contribution in [0.1, 0.15) is 94.1 Å². The lowest BCUT2D eigenvalue weighted by Gasteiger charge is -2.09. The molecule has 0 saturated heterocycles. The summed E-state index contributed by atoms with van der Waals surface area (Å²) in [7, 11) is 0. The molecule has 9 heteroatoms. The molecule has 5 rings (SSSR count). The first-order valence-corrected chi connectivity index (χ1v) is 17.5. The van der Waals surface area contributed by atoms with E-state index in [1.54, 1.807) is 25.1 Å². The third-order valence-corrected chi connectivity index (χ3v) is 8.57. The molecule has 1 aliphatic rings. The molecule has 0 heterocycles. The molecule has 0 unspecified atom stereocenters.